The molecule has 2 fully saturated rings. The van der Waals surface area contributed by atoms with Gasteiger partial charge in [-0.1, -0.05) is 0 Å². The summed E-state index contributed by atoms with van der Waals surface area (Å²) in [5, 5.41) is 0. The molecule has 0 aromatic carbocycles. The van der Waals surface area contributed by atoms with Gasteiger partial charge in [0.2, 0.25) is 11.8 Å². The van der Waals surface area contributed by atoms with Crippen LogP contribution in [0, 0.1) is 0 Å². The second kappa shape index (κ2) is 3.90. The van der Waals surface area contributed by atoms with Crippen LogP contribution in [0.1, 0.15) is 6.42 Å². The van der Waals surface area contributed by atoms with Crippen LogP contribution >= 0.6 is 11.8 Å². The van der Waals surface area contributed by atoms with Gasteiger partial charge < -0.3 is 0 Å². The third kappa shape index (κ3) is 1.66. The molecule has 5 heteroatoms. The molecule has 0 bridgehead atoms. The average Bonchev–Trinajstić information content (AvgIpc) is 2.47. The van der Waals surface area contributed by atoms with E-state index in [0.717, 1.165) is 24.6 Å². The summed E-state index contributed by atoms with van der Waals surface area (Å²) in [4.78, 5) is 26.4. The smallest absolute Gasteiger partial charge is 0.246 e. The Labute approximate surface area is 87.6 Å². The molecule has 0 radical (unpaired) electrons. The molecule has 1 atom stereocenters. The maximum Gasteiger partial charge on any atom is 0.246 e. The molecule has 2 aliphatic rings. The number of nitrogens with zero attached hydrogens (tertiary/aromatic N) is 2. The van der Waals surface area contributed by atoms with E-state index >= 15 is 0 Å². The molecule has 0 aromatic heterocycles. The lowest BCUT2D eigenvalue weighted by molar-refractivity contribution is -0.138. The number of carbonyl (C=O) groups is 2. The SMILES string of the molecule is CN1C(=O)CC(N2CCSCC2)C1=O. The van der Waals surface area contributed by atoms with E-state index in [2.05, 4.69) is 4.90 Å². The zero-order chi connectivity index (χ0) is 10.1. The molecule has 2 saturated heterocycles. The van der Waals surface area contributed by atoms with E-state index in [-0.39, 0.29) is 17.9 Å². The summed E-state index contributed by atoms with van der Waals surface area (Å²) in [5.74, 6) is 2.07. The first-order chi connectivity index (χ1) is 6.70. The van der Waals surface area contributed by atoms with E-state index in [0.29, 0.717) is 6.42 Å². The summed E-state index contributed by atoms with van der Waals surface area (Å²) in [6.45, 7) is 1.87. The molecule has 0 spiro atoms. The highest BCUT2D eigenvalue weighted by molar-refractivity contribution is 7.99. The van der Waals surface area contributed by atoms with Crippen LogP contribution in [0.25, 0.3) is 0 Å². The summed E-state index contributed by atoms with van der Waals surface area (Å²) in [6, 6.07) is -0.173. The number of amides is 2. The second-order valence-corrected chi connectivity index (χ2v) is 4.88. The third-order valence-electron chi connectivity index (χ3n) is 2.84. The predicted octanol–water partition coefficient (Wildman–Crippen LogP) is -0.208. The van der Waals surface area contributed by atoms with E-state index in [1.807, 2.05) is 11.8 Å². The molecule has 78 valence electrons. The Kier molecular flexibility index (Phi) is 2.78. The lowest BCUT2D eigenvalue weighted by Gasteiger charge is -2.29. The molecule has 4 nitrogen and oxygen atoms in total. The van der Waals surface area contributed by atoms with Crippen LogP contribution in [0.3, 0.4) is 0 Å². The van der Waals surface area contributed by atoms with E-state index in [1.54, 1.807) is 7.05 Å². The number of likely N-dealkylation sites (N-methyl/N-ethyl adjacent to an activating group) is 1. The van der Waals surface area contributed by atoms with Gasteiger partial charge in [0.05, 0.1) is 12.5 Å². The Morgan fingerprint density at radius 3 is 2.43 bits per heavy atom. The maximum atomic E-state index is 11.7. The van der Waals surface area contributed by atoms with E-state index in [9.17, 15) is 9.59 Å². The van der Waals surface area contributed by atoms with Crippen molar-refractivity contribution in [2.45, 2.75) is 12.5 Å². The Morgan fingerprint density at radius 2 is 1.93 bits per heavy atom. The molecule has 2 heterocycles. The van der Waals surface area contributed by atoms with Crippen molar-refractivity contribution in [3.8, 4) is 0 Å². The minimum Gasteiger partial charge on any atom is -0.290 e. The minimum atomic E-state index is -0.173. The monoisotopic (exact) mass is 214 g/mol. The Morgan fingerprint density at radius 1 is 1.29 bits per heavy atom. The van der Waals surface area contributed by atoms with Crippen molar-refractivity contribution in [3.05, 3.63) is 0 Å². The van der Waals surface area contributed by atoms with E-state index < -0.39 is 0 Å². The quantitative estimate of drug-likeness (QED) is 0.566. The van der Waals surface area contributed by atoms with Crippen molar-refractivity contribution < 1.29 is 9.59 Å². The van der Waals surface area contributed by atoms with Gasteiger partial charge in [-0.3, -0.25) is 19.4 Å². The molecule has 0 saturated carbocycles. The fraction of sp³-hybridized carbons (Fsp3) is 0.778. The molecule has 1 unspecified atom stereocenters. The van der Waals surface area contributed by atoms with Crippen molar-refractivity contribution in [1.82, 2.24) is 9.80 Å². The lowest BCUT2D eigenvalue weighted by Crippen LogP contribution is -2.45. The van der Waals surface area contributed by atoms with Crippen LogP contribution in [-0.4, -0.2) is 59.3 Å². The number of hydrogen-bond acceptors (Lipinski definition) is 4. The van der Waals surface area contributed by atoms with Gasteiger partial charge in [0.15, 0.2) is 0 Å². The van der Waals surface area contributed by atoms with Crippen LogP contribution in [0.5, 0.6) is 0 Å². The van der Waals surface area contributed by atoms with Crippen LogP contribution in [0.2, 0.25) is 0 Å². The fourth-order valence-corrected chi connectivity index (χ4v) is 2.84. The van der Waals surface area contributed by atoms with Crippen molar-refractivity contribution >= 4 is 23.6 Å². The average molecular weight is 214 g/mol. The van der Waals surface area contributed by atoms with Crippen molar-refractivity contribution in [2.24, 2.45) is 0 Å². The molecule has 2 rings (SSSR count). The van der Waals surface area contributed by atoms with Crippen LogP contribution in [0.4, 0.5) is 0 Å². The van der Waals surface area contributed by atoms with Gasteiger partial charge in [-0.25, -0.2) is 0 Å². The van der Waals surface area contributed by atoms with E-state index in [1.165, 1.54) is 4.90 Å². The Balaban J connectivity index is 2.04. The van der Waals surface area contributed by atoms with Gasteiger partial charge >= 0.3 is 0 Å². The molecule has 0 N–H and O–H groups in total. The lowest BCUT2D eigenvalue weighted by atomic mass is 10.2. The minimum absolute atomic E-state index is 0.0260. The number of rotatable bonds is 1. The molecule has 0 aromatic rings. The Hall–Kier alpha value is -0.550. The second-order valence-electron chi connectivity index (χ2n) is 3.66. The summed E-state index contributed by atoms with van der Waals surface area (Å²) in [7, 11) is 1.57. The molecular formula is C9H14N2O2S. The zero-order valence-corrected chi connectivity index (χ0v) is 9.05. The van der Waals surface area contributed by atoms with Crippen molar-refractivity contribution in [2.75, 3.05) is 31.6 Å². The number of hydrogen-bond donors (Lipinski definition) is 0. The van der Waals surface area contributed by atoms with Gasteiger partial charge in [0, 0.05) is 31.6 Å². The van der Waals surface area contributed by atoms with Crippen molar-refractivity contribution in [3.63, 3.8) is 0 Å². The molecule has 0 aliphatic carbocycles. The summed E-state index contributed by atoms with van der Waals surface area (Å²) in [6.07, 6.45) is 0.375. The zero-order valence-electron chi connectivity index (χ0n) is 8.23. The van der Waals surface area contributed by atoms with Crippen LogP contribution < -0.4 is 0 Å². The van der Waals surface area contributed by atoms with Gasteiger partial charge in [-0.2, -0.15) is 11.8 Å². The topological polar surface area (TPSA) is 40.6 Å². The standard InChI is InChI=1S/C9H14N2O2S/c1-10-8(12)6-7(9(10)13)11-2-4-14-5-3-11/h7H,2-6H2,1H3. The predicted molar refractivity (Wildman–Crippen MR) is 55.1 cm³/mol. The molecular weight excluding hydrogens is 200 g/mol. The largest absolute Gasteiger partial charge is 0.290 e. The van der Waals surface area contributed by atoms with Gasteiger partial charge in [-0.05, 0) is 0 Å². The number of imide groups is 1. The molecule has 14 heavy (non-hydrogen) atoms. The number of thioether (sulfide) groups is 1. The van der Waals surface area contributed by atoms with Crippen molar-refractivity contribution in [1.29, 1.82) is 0 Å². The Bertz CT molecular complexity index is 264. The van der Waals surface area contributed by atoms with E-state index in [4.69, 9.17) is 0 Å². The maximum absolute atomic E-state index is 11.7. The van der Waals surface area contributed by atoms with Crippen LogP contribution in [0.15, 0.2) is 0 Å². The summed E-state index contributed by atoms with van der Waals surface area (Å²) in [5.41, 5.74) is 0. The molecule has 2 amide bonds. The van der Waals surface area contributed by atoms with Gasteiger partial charge in [-0.15, -0.1) is 0 Å². The van der Waals surface area contributed by atoms with Gasteiger partial charge in [0.1, 0.15) is 0 Å². The van der Waals surface area contributed by atoms with Gasteiger partial charge in [0.25, 0.3) is 0 Å². The summed E-state index contributed by atoms with van der Waals surface area (Å²) < 4.78 is 0. The first-order valence-electron chi connectivity index (χ1n) is 4.82. The highest BCUT2D eigenvalue weighted by Gasteiger charge is 2.39. The first kappa shape index (κ1) is 9.98. The number of likely N-dealkylation sites (tertiary alicyclic amines) is 1. The summed E-state index contributed by atoms with van der Waals surface area (Å²) >= 11 is 1.91. The first-order valence-corrected chi connectivity index (χ1v) is 5.98. The third-order valence-corrected chi connectivity index (χ3v) is 3.79. The molecule has 2 aliphatic heterocycles. The van der Waals surface area contributed by atoms with Crippen LogP contribution in [-0.2, 0) is 9.59 Å². The highest BCUT2D eigenvalue weighted by atomic mass is 32.2. The number of carbonyl (C=O) groups excluding carboxylic acids is 2. The normalized spacial score (nSPS) is 30.1. The highest BCUT2D eigenvalue weighted by Crippen LogP contribution is 2.20. The fourth-order valence-electron chi connectivity index (χ4n) is 1.91.